The predicted octanol–water partition coefficient (Wildman–Crippen LogP) is 3.96. The summed E-state index contributed by atoms with van der Waals surface area (Å²) < 4.78 is 11.9. The number of ether oxygens (including phenoxy) is 2. The smallest absolute Gasteiger partial charge is 0.410 e. The monoisotopic (exact) mass is 332 g/mol. The molecule has 132 valence electrons. The summed E-state index contributed by atoms with van der Waals surface area (Å²) in [4.78, 5) is 14.0. The molecule has 0 aromatic heterocycles. The number of nitrogens with zero attached hydrogens (tertiary/aromatic N) is 1. The maximum absolute atomic E-state index is 12.2. The van der Waals surface area contributed by atoms with Crippen LogP contribution in [0, 0.1) is 6.92 Å². The Labute approximate surface area is 144 Å². The van der Waals surface area contributed by atoms with Crippen LogP contribution in [-0.4, -0.2) is 41.8 Å². The highest BCUT2D eigenvalue weighted by atomic mass is 16.6. The lowest BCUT2D eigenvalue weighted by atomic mass is 9.88. The standard InChI is InChI=1S/C19H28N2O3/c1-14-5-6-16-15(13-14)20-10-7-19(23-16)8-11-21(12-9-19)17(22)24-18(2,3)4/h5-6,13,20H,7-12H2,1-4H3. The Morgan fingerprint density at radius 3 is 2.62 bits per heavy atom. The Morgan fingerprint density at radius 1 is 1.25 bits per heavy atom. The minimum atomic E-state index is -0.453. The fraction of sp³-hybridized carbons (Fsp3) is 0.632. The summed E-state index contributed by atoms with van der Waals surface area (Å²) in [5.74, 6) is 0.920. The van der Waals surface area contributed by atoms with Crippen molar-refractivity contribution in [1.82, 2.24) is 4.90 Å². The van der Waals surface area contributed by atoms with Crippen LogP contribution in [0.2, 0.25) is 0 Å². The molecule has 1 aromatic carbocycles. The van der Waals surface area contributed by atoms with Gasteiger partial charge < -0.3 is 19.7 Å². The summed E-state index contributed by atoms with van der Waals surface area (Å²) in [6, 6.07) is 6.25. The van der Waals surface area contributed by atoms with Gasteiger partial charge in [0.05, 0.1) is 5.69 Å². The highest BCUT2D eigenvalue weighted by Gasteiger charge is 2.40. The van der Waals surface area contributed by atoms with Crippen molar-refractivity contribution in [3.8, 4) is 5.75 Å². The molecule has 2 aliphatic heterocycles. The first kappa shape index (κ1) is 16.9. The molecule has 0 unspecified atom stereocenters. The molecule has 1 fully saturated rings. The fourth-order valence-corrected chi connectivity index (χ4v) is 3.36. The minimum absolute atomic E-state index is 0.188. The van der Waals surface area contributed by atoms with E-state index >= 15 is 0 Å². The number of carbonyl (C=O) groups is 1. The van der Waals surface area contributed by atoms with Gasteiger partial charge in [0.25, 0.3) is 0 Å². The molecule has 2 heterocycles. The highest BCUT2D eigenvalue weighted by Crippen LogP contribution is 2.38. The van der Waals surface area contributed by atoms with Crippen LogP contribution in [0.15, 0.2) is 18.2 Å². The van der Waals surface area contributed by atoms with Crippen molar-refractivity contribution in [2.24, 2.45) is 0 Å². The molecule has 0 atom stereocenters. The Bertz CT molecular complexity index is 614. The van der Waals surface area contributed by atoms with Gasteiger partial charge >= 0.3 is 6.09 Å². The summed E-state index contributed by atoms with van der Waals surface area (Å²) >= 11 is 0. The molecule has 2 aliphatic rings. The van der Waals surface area contributed by atoms with Crippen LogP contribution in [0.5, 0.6) is 5.75 Å². The van der Waals surface area contributed by atoms with E-state index in [9.17, 15) is 4.79 Å². The minimum Gasteiger partial charge on any atom is -0.485 e. The number of piperidine rings is 1. The second-order valence-corrected chi connectivity index (χ2v) is 7.93. The molecule has 0 aliphatic carbocycles. The van der Waals surface area contributed by atoms with Crippen LogP contribution >= 0.6 is 0 Å². The first-order valence-electron chi connectivity index (χ1n) is 8.78. The zero-order valence-corrected chi connectivity index (χ0v) is 15.1. The number of benzene rings is 1. The third kappa shape index (κ3) is 3.77. The molecule has 1 N–H and O–H groups in total. The van der Waals surface area contributed by atoms with Gasteiger partial charge in [-0.2, -0.15) is 0 Å². The molecule has 1 amide bonds. The molecular weight excluding hydrogens is 304 g/mol. The lowest BCUT2D eigenvalue weighted by Gasteiger charge is -2.41. The summed E-state index contributed by atoms with van der Waals surface area (Å²) in [5.41, 5.74) is 1.65. The number of amides is 1. The van der Waals surface area contributed by atoms with Crippen molar-refractivity contribution in [3.63, 3.8) is 0 Å². The fourth-order valence-electron chi connectivity index (χ4n) is 3.36. The van der Waals surface area contributed by atoms with Gasteiger partial charge in [0, 0.05) is 38.9 Å². The molecule has 3 rings (SSSR count). The lowest BCUT2D eigenvalue weighted by Crippen LogP contribution is -2.51. The number of nitrogens with one attached hydrogen (secondary N) is 1. The number of carbonyl (C=O) groups excluding carboxylic acids is 1. The van der Waals surface area contributed by atoms with E-state index in [2.05, 4.69) is 24.4 Å². The Hall–Kier alpha value is -1.91. The zero-order valence-electron chi connectivity index (χ0n) is 15.1. The number of likely N-dealkylation sites (tertiary alicyclic amines) is 1. The summed E-state index contributed by atoms with van der Waals surface area (Å²) in [6.45, 7) is 10.0. The molecule has 24 heavy (non-hydrogen) atoms. The molecule has 5 heteroatoms. The Balaban J connectivity index is 1.67. The van der Waals surface area contributed by atoms with Gasteiger partial charge in [-0.05, 0) is 45.4 Å². The number of hydrogen-bond donors (Lipinski definition) is 1. The van der Waals surface area contributed by atoms with Crippen molar-refractivity contribution in [1.29, 1.82) is 0 Å². The van der Waals surface area contributed by atoms with Crippen molar-refractivity contribution >= 4 is 11.8 Å². The molecular formula is C19H28N2O3. The van der Waals surface area contributed by atoms with E-state index in [0.717, 1.165) is 37.2 Å². The largest absolute Gasteiger partial charge is 0.485 e. The first-order chi connectivity index (χ1) is 11.3. The van der Waals surface area contributed by atoms with Crippen LogP contribution in [0.25, 0.3) is 0 Å². The second kappa shape index (κ2) is 6.19. The van der Waals surface area contributed by atoms with Gasteiger partial charge in [0.2, 0.25) is 0 Å². The highest BCUT2D eigenvalue weighted by molar-refractivity contribution is 5.68. The van der Waals surface area contributed by atoms with E-state index in [4.69, 9.17) is 9.47 Å². The third-order valence-corrected chi connectivity index (χ3v) is 4.68. The molecule has 0 saturated carbocycles. The number of fused-ring (bicyclic) bond motifs is 1. The van der Waals surface area contributed by atoms with Crippen molar-refractivity contribution < 1.29 is 14.3 Å². The topological polar surface area (TPSA) is 50.8 Å². The SMILES string of the molecule is Cc1ccc2c(c1)NCCC1(CCN(C(=O)OC(C)(C)C)CC1)O2. The van der Waals surface area contributed by atoms with Gasteiger partial charge in [0.1, 0.15) is 17.0 Å². The maximum atomic E-state index is 12.2. The van der Waals surface area contributed by atoms with Crippen LogP contribution < -0.4 is 10.1 Å². The third-order valence-electron chi connectivity index (χ3n) is 4.68. The summed E-state index contributed by atoms with van der Waals surface area (Å²) in [6.07, 6.45) is 2.39. The van der Waals surface area contributed by atoms with Crippen LogP contribution in [0.1, 0.15) is 45.6 Å². The molecule has 1 saturated heterocycles. The molecule has 1 aromatic rings. The Morgan fingerprint density at radius 2 is 1.96 bits per heavy atom. The molecule has 0 radical (unpaired) electrons. The van der Waals surface area contributed by atoms with Crippen molar-refractivity contribution in [2.75, 3.05) is 25.0 Å². The Kier molecular flexibility index (Phi) is 4.37. The zero-order chi connectivity index (χ0) is 17.4. The van der Waals surface area contributed by atoms with E-state index in [1.54, 1.807) is 4.90 Å². The number of hydrogen-bond acceptors (Lipinski definition) is 4. The average Bonchev–Trinajstić information content (AvgIpc) is 2.65. The van der Waals surface area contributed by atoms with Gasteiger partial charge in [-0.1, -0.05) is 6.07 Å². The molecule has 1 spiro atoms. The quantitative estimate of drug-likeness (QED) is 0.781. The van der Waals surface area contributed by atoms with Crippen molar-refractivity contribution in [2.45, 2.75) is 58.2 Å². The predicted molar refractivity (Wildman–Crippen MR) is 94.7 cm³/mol. The molecule has 0 bridgehead atoms. The van der Waals surface area contributed by atoms with Crippen molar-refractivity contribution in [3.05, 3.63) is 23.8 Å². The van der Waals surface area contributed by atoms with E-state index in [-0.39, 0.29) is 11.7 Å². The molecule has 5 nitrogen and oxygen atoms in total. The van der Waals surface area contributed by atoms with Crippen LogP contribution in [0.3, 0.4) is 0 Å². The summed E-state index contributed by atoms with van der Waals surface area (Å²) in [7, 11) is 0. The van der Waals surface area contributed by atoms with Gasteiger partial charge in [0.15, 0.2) is 0 Å². The van der Waals surface area contributed by atoms with Crippen LogP contribution in [-0.2, 0) is 4.74 Å². The lowest BCUT2D eigenvalue weighted by molar-refractivity contribution is -0.0184. The van der Waals surface area contributed by atoms with Gasteiger partial charge in [-0.25, -0.2) is 4.79 Å². The van der Waals surface area contributed by atoms with E-state index in [0.29, 0.717) is 13.1 Å². The summed E-state index contributed by atoms with van der Waals surface area (Å²) in [5, 5.41) is 3.47. The van der Waals surface area contributed by atoms with E-state index in [1.165, 1.54) is 5.56 Å². The first-order valence-corrected chi connectivity index (χ1v) is 8.78. The van der Waals surface area contributed by atoms with E-state index in [1.807, 2.05) is 26.8 Å². The number of aryl methyl sites for hydroxylation is 1. The van der Waals surface area contributed by atoms with E-state index < -0.39 is 5.60 Å². The normalized spacial score (nSPS) is 19.8. The average molecular weight is 332 g/mol. The second-order valence-electron chi connectivity index (χ2n) is 7.93. The van der Waals surface area contributed by atoms with Crippen LogP contribution in [0.4, 0.5) is 10.5 Å². The maximum Gasteiger partial charge on any atom is 0.410 e. The number of anilines is 1. The van der Waals surface area contributed by atoms with Gasteiger partial charge in [-0.3, -0.25) is 0 Å². The van der Waals surface area contributed by atoms with Gasteiger partial charge in [-0.15, -0.1) is 0 Å². The number of rotatable bonds is 0.